The number of hydrogen-bond acceptors (Lipinski definition) is 0. The summed E-state index contributed by atoms with van der Waals surface area (Å²) in [5, 5.41) is 0. The Morgan fingerprint density at radius 3 is 2.33 bits per heavy atom. The Bertz CT molecular complexity index is 222. The molecule has 0 atom stereocenters. The van der Waals surface area contributed by atoms with Gasteiger partial charge < -0.3 is 0 Å². The van der Waals surface area contributed by atoms with Crippen LogP contribution in [-0.4, -0.2) is 8.07 Å². The van der Waals surface area contributed by atoms with E-state index in [0.717, 1.165) is 12.8 Å². The predicted molar refractivity (Wildman–Crippen MR) is 73.8 cm³/mol. The second-order valence-corrected chi connectivity index (χ2v) is 10.8. The quantitative estimate of drug-likeness (QED) is 0.261. The van der Waals surface area contributed by atoms with Gasteiger partial charge in [0, 0.05) is 20.9 Å². The number of hydrogen-bond donors (Lipinski definition) is 0. The van der Waals surface area contributed by atoms with Crippen molar-refractivity contribution in [2.45, 2.75) is 64.7 Å². The highest BCUT2D eigenvalue weighted by Gasteiger charge is 2.08. The van der Waals surface area contributed by atoms with Crippen molar-refractivity contribution in [2.24, 2.45) is 0 Å². The fourth-order valence-electron chi connectivity index (χ4n) is 1.20. The molecule has 0 nitrogen and oxygen atoms in total. The maximum absolute atomic E-state index is 3.23. The summed E-state index contributed by atoms with van der Waals surface area (Å²) in [5.41, 5.74) is 0. The zero-order chi connectivity index (χ0) is 11.6. The van der Waals surface area contributed by atoms with Crippen LogP contribution in [0.25, 0.3) is 0 Å². The lowest BCUT2D eigenvalue weighted by Crippen LogP contribution is -2.17. The van der Waals surface area contributed by atoms with Gasteiger partial charge in [-0.1, -0.05) is 57.5 Å². The van der Waals surface area contributed by atoms with Crippen LogP contribution in [0, 0.1) is 11.8 Å². The van der Waals surface area contributed by atoms with Gasteiger partial charge in [-0.2, -0.15) is 0 Å². The van der Waals surface area contributed by atoms with Gasteiger partial charge in [-0.15, -0.1) is 5.92 Å². The van der Waals surface area contributed by atoms with Crippen LogP contribution in [0.2, 0.25) is 25.7 Å². The highest BCUT2D eigenvalue weighted by molar-refractivity contribution is 6.76. The van der Waals surface area contributed by atoms with Crippen LogP contribution in [0.4, 0.5) is 0 Å². The van der Waals surface area contributed by atoms with E-state index in [9.17, 15) is 0 Å². The molecule has 15 heavy (non-hydrogen) atoms. The standard InChI is InChI=1S/C14H26Si/c1-5-6-7-8-9-10-11-12-13-14-15(2,3)4/h12-13H,5-8,11,14H2,1-4H3/b13-12+. The van der Waals surface area contributed by atoms with Gasteiger partial charge in [0.25, 0.3) is 0 Å². The number of allylic oxidation sites excluding steroid dienone is 2. The van der Waals surface area contributed by atoms with Crippen molar-refractivity contribution in [3.8, 4) is 11.8 Å². The molecule has 0 saturated carbocycles. The Labute approximate surface area is 97.2 Å². The van der Waals surface area contributed by atoms with Gasteiger partial charge in [-0.05, 0) is 12.5 Å². The number of unbranched alkanes of at least 4 members (excludes halogenated alkanes) is 3. The molecule has 0 unspecified atom stereocenters. The van der Waals surface area contributed by atoms with Crippen LogP contribution in [0.3, 0.4) is 0 Å². The minimum Gasteiger partial charge on any atom is -0.103 e. The average Bonchev–Trinajstić information content (AvgIpc) is 2.14. The fourth-order valence-corrected chi connectivity index (χ4v) is 2.08. The third-order valence-electron chi connectivity index (χ3n) is 2.15. The molecule has 0 radical (unpaired) electrons. The first-order valence-corrected chi connectivity index (χ1v) is 9.87. The van der Waals surface area contributed by atoms with E-state index in [0.29, 0.717) is 0 Å². The minimum atomic E-state index is -0.878. The van der Waals surface area contributed by atoms with E-state index in [4.69, 9.17) is 0 Å². The molecular formula is C14H26Si. The van der Waals surface area contributed by atoms with Gasteiger partial charge in [0.05, 0.1) is 0 Å². The van der Waals surface area contributed by atoms with E-state index in [1.165, 1.54) is 25.3 Å². The highest BCUT2D eigenvalue weighted by Crippen LogP contribution is 2.08. The van der Waals surface area contributed by atoms with E-state index in [1.807, 2.05) is 0 Å². The molecule has 86 valence electrons. The Hall–Kier alpha value is -0.483. The maximum Gasteiger partial charge on any atom is 0.0480 e. The molecule has 0 heterocycles. The molecular weight excluding hydrogens is 196 g/mol. The van der Waals surface area contributed by atoms with Crippen LogP contribution in [-0.2, 0) is 0 Å². The van der Waals surface area contributed by atoms with Crippen LogP contribution in [0.5, 0.6) is 0 Å². The molecule has 0 aliphatic carbocycles. The molecule has 0 fully saturated rings. The SMILES string of the molecule is CCCCCC#CC/C=C/C[Si](C)(C)C. The first-order valence-electron chi connectivity index (χ1n) is 6.17. The van der Waals surface area contributed by atoms with Crippen molar-refractivity contribution in [1.29, 1.82) is 0 Å². The minimum absolute atomic E-state index is 0.878. The van der Waals surface area contributed by atoms with Crippen molar-refractivity contribution in [1.82, 2.24) is 0 Å². The second kappa shape index (κ2) is 8.80. The summed E-state index contributed by atoms with van der Waals surface area (Å²) in [6.07, 6.45) is 10.4. The lowest BCUT2D eigenvalue weighted by atomic mass is 10.2. The van der Waals surface area contributed by atoms with E-state index in [-0.39, 0.29) is 0 Å². The molecule has 0 spiro atoms. The van der Waals surface area contributed by atoms with Gasteiger partial charge in [-0.25, -0.2) is 0 Å². The lowest BCUT2D eigenvalue weighted by molar-refractivity contribution is 0.737. The monoisotopic (exact) mass is 222 g/mol. The van der Waals surface area contributed by atoms with Crippen molar-refractivity contribution < 1.29 is 0 Å². The third-order valence-corrected chi connectivity index (χ3v) is 3.61. The smallest absolute Gasteiger partial charge is 0.0480 e. The van der Waals surface area contributed by atoms with E-state index < -0.39 is 8.07 Å². The van der Waals surface area contributed by atoms with E-state index >= 15 is 0 Å². The van der Waals surface area contributed by atoms with Crippen LogP contribution in [0.1, 0.15) is 39.0 Å². The topological polar surface area (TPSA) is 0 Å². The van der Waals surface area contributed by atoms with Crippen molar-refractivity contribution >= 4 is 8.07 Å². The van der Waals surface area contributed by atoms with Gasteiger partial charge >= 0.3 is 0 Å². The number of rotatable bonds is 6. The van der Waals surface area contributed by atoms with Crippen LogP contribution >= 0.6 is 0 Å². The van der Waals surface area contributed by atoms with Gasteiger partial charge in [0.1, 0.15) is 0 Å². The summed E-state index contributed by atoms with van der Waals surface area (Å²) in [6, 6.07) is 1.28. The summed E-state index contributed by atoms with van der Waals surface area (Å²) in [5.74, 6) is 6.44. The molecule has 0 amide bonds. The molecule has 0 aliphatic heterocycles. The molecule has 0 aromatic rings. The second-order valence-electron chi connectivity index (χ2n) is 5.25. The van der Waals surface area contributed by atoms with E-state index in [2.05, 4.69) is 50.6 Å². The van der Waals surface area contributed by atoms with Crippen molar-refractivity contribution in [3.05, 3.63) is 12.2 Å². The Balaban J connectivity index is 3.44. The molecule has 0 aromatic heterocycles. The Morgan fingerprint density at radius 1 is 1.00 bits per heavy atom. The molecule has 0 aliphatic rings. The molecule has 0 aromatic carbocycles. The summed E-state index contributed by atoms with van der Waals surface area (Å²) < 4.78 is 0. The Kier molecular flexibility index (Phi) is 8.51. The van der Waals surface area contributed by atoms with Crippen LogP contribution < -0.4 is 0 Å². The first kappa shape index (κ1) is 14.5. The van der Waals surface area contributed by atoms with E-state index in [1.54, 1.807) is 0 Å². The summed E-state index contributed by atoms with van der Waals surface area (Å²) >= 11 is 0. The summed E-state index contributed by atoms with van der Waals surface area (Å²) in [4.78, 5) is 0. The van der Waals surface area contributed by atoms with Crippen molar-refractivity contribution in [2.75, 3.05) is 0 Å². The van der Waals surface area contributed by atoms with Gasteiger partial charge in [0.15, 0.2) is 0 Å². The Morgan fingerprint density at radius 2 is 1.73 bits per heavy atom. The van der Waals surface area contributed by atoms with Crippen LogP contribution in [0.15, 0.2) is 12.2 Å². The fraction of sp³-hybridized carbons (Fsp3) is 0.714. The summed E-state index contributed by atoms with van der Waals surface area (Å²) in [7, 11) is -0.878. The molecule has 0 saturated heterocycles. The largest absolute Gasteiger partial charge is 0.103 e. The molecule has 0 N–H and O–H groups in total. The zero-order valence-corrected chi connectivity index (χ0v) is 11.9. The molecule has 1 heteroatoms. The molecule has 0 rings (SSSR count). The van der Waals surface area contributed by atoms with Gasteiger partial charge in [-0.3, -0.25) is 0 Å². The zero-order valence-electron chi connectivity index (χ0n) is 10.9. The summed E-state index contributed by atoms with van der Waals surface area (Å²) in [6.45, 7) is 9.42. The predicted octanol–water partition coefficient (Wildman–Crippen LogP) is 4.85. The maximum atomic E-state index is 3.23. The lowest BCUT2D eigenvalue weighted by Gasteiger charge is -2.11. The normalized spacial score (nSPS) is 11.5. The van der Waals surface area contributed by atoms with Crippen molar-refractivity contribution in [3.63, 3.8) is 0 Å². The third kappa shape index (κ3) is 13.5. The first-order chi connectivity index (χ1) is 7.06. The van der Waals surface area contributed by atoms with Gasteiger partial charge in [0.2, 0.25) is 0 Å². The molecule has 0 bridgehead atoms. The highest BCUT2D eigenvalue weighted by atomic mass is 28.3. The average molecular weight is 222 g/mol.